The van der Waals surface area contributed by atoms with Gasteiger partial charge in [0.25, 0.3) is 5.91 Å². The molecular formula is C23H27N3O4. The molecule has 0 saturated carbocycles. The van der Waals surface area contributed by atoms with Gasteiger partial charge in [-0.25, -0.2) is 5.43 Å². The monoisotopic (exact) mass is 409 g/mol. The zero-order valence-corrected chi connectivity index (χ0v) is 17.4. The number of ether oxygens (including phenoxy) is 2. The smallest absolute Gasteiger partial charge is 0.252 e. The number of para-hydroxylation sites is 1. The molecule has 7 heteroatoms. The van der Waals surface area contributed by atoms with Crippen LogP contribution in [0.1, 0.15) is 19.4 Å². The Labute approximate surface area is 176 Å². The highest BCUT2D eigenvalue weighted by Crippen LogP contribution is 2.19. The van der Waals surface area contributed by atoms with E-state index in [4.69, 9.17) is 9.47 Å². The van der Waals surface area contributed by atoms with E-state index in [9.17, 15) is 9.59 Å². The number of nitrogens with one attached hydrogen (secondary N) is 2. The fourth-order valence-corrected chi connectivity index (χ4v) is 2.72. The lowest BCUT2D eigenvalue weighted by Crippen LogP contribution is -2.39. The van der Waals surface area contributed by atoms with Gasteiger partial charge in [0.15, 0.2) is 0 Å². The Morgan fingerprint density at radius 2 is 1.80 bits per heavy atom. The topological polar surface area (TPSA) is 89.0 Å². The maximum Gasteiger partial charge on any atom is 0.252 e. The maximum atomic E-state index is 12.7. The first-order chi connectivity index (χ1) is 14.5. The summed E-state index contributed by atoms with van der Waals surface area (Å²) in [6.07, 6.45) is 3.12. The van der Waals surface area contributed by atoms with Gasteiger partial charge in [-0.2, -0.15) is 5.10 Å². The Balaban J connectivity index is 2.03. The number of benzene rings is 2. The normalized spacial score (nSPS) is 11.7. The van der Waals surface area contributed by atoms with E-state index in [1.54, 1.807) is 57.4 Å². The second-order valence-corrected chi connectivity index (χ2v) is 6.81. The highest BCUT2D eigenvalue weighted by atomic mass is 16.5. The Kier molecular flexibility index (Phi) is 8.62. The van der Waals surface area contributed by atoms with Gasteiger partial charge in [0.05, 0.1) is 13.3 Å². The average Bonchev–Trinajstić information content (AvgIpc) is 2.73. The lowest BCUT2D eigenvalue weighted by Gasteiger charge is -2.18. The van der Waals surface area contributed by atoms with E-state index in [0.717, 1.165) is 0 Å². The minimum atomic E-state index is -0.906. The lowest BCUT2D eigenvalue weighted by molar-refractivity contribution is -0.134. The van der Waals surface area contributed by atoms with Gasteiger partial charge in [-0.1, -0.05) is 38.6 Å². The molecule has 2 aromatic rings. The van der Waals surface area contributed by atoms with Crippen molar-refractivity contribution in [3.05, 3.63) is 66.7 Å². The second kappa shape index (κ2) is 11.4. The highest BCUT2D eigenvalue weighted by molar-refractivity contribution is 6.06. The molecule has 0 fully saturated rings. The third kappa shape index (κ3) is 6.48. The molecule has 1 atom stereocenters. The standard InChI is InChI=1S/C23H27N3O4/c1-5-14-30-20-9-7-6-8-17(20)15-24-26-23(28)21(16(2)3)22(27)25-18-10-12-19(29-4)13-11-18/h5-13,15-16,21H,1,14H2,2-4H3,(H,25,27)(H,26,28). The molecule has 0 heterocycles. The summed E-state index contributed by atoms with van der Waals surface area (Å²) in [6.45, 7) is 7.59. The van der Waals surface area contributed by atoms with E-state index < -0.39 is 17.7 Å². The summed E-state index contributed by atoms with van der Waals surface area (Å²) in [5.41, 5.74) is 3.73. The van der Waals surface area contributed by atoms with Crippen molar-refractivity contribution in [3.63, 3.8) is 0 Å². The van der Waals surface area contributed by atoms with Crippen LogP contribution in [0.4, 0.5) is 5.69 Å². The first kappa shape index (κ1) is 22.7. The number of rotatable bonds is 10. The van der Waals surface area contributed by atoms with E-state index in [-0.39, 0.29) is 5.92 Å². The first-order valence-electron chi connectivity index (χ1n) is 9.56. The van der Waals surface area contributed by atoms with E-state index in [1.807, 2.05) is 18.2 Å². The number of methoxy groups -OCH3 is 1. The largest absolute Gasteiger partial charge is 0.497 e. The zero-order valence-electron chi connectivity index (χ0n) is 17.4. The molecule has 0 spiro atoms. The number of nitrogens with zero attached hydrogens (tertiary/aromatic N) is 1. The van der Waals surface area contributed by atoms with Gasteiger partial charge < -0.3 is 14.8 Å². The summed E-state index contributed by atoms with van der Waals surface area (Å²) in [6, 6.07) is 14.2. The second-order valence-electron chi connectivity index (χ2n) is 6.81. The molecule has 0 saturated heterocycles. The van der Waals surface area contributed by atoms with Crippen LogP contribution in [0, 0.1) is 11.8 Å². The third-order valence-corrected chi connectivity index (χ3v) is 4.24. The minimum absolute atomic E-state index is 0.221. The summed E-state index contributed by atoms with van der Waals surface area (Å²) < 4.78 is 10.7. The van der Waals surface area contributed by atoms with Crippen LogP contribution in [0.5, 0.6) is 11.5 Å². The number of hydrazone groups is 1. The molecule has 2 N–H and O–H groups in total. The molecule has 1 unspecified atom stereocenters. The Morgan fingerprint density at radius 3 is 2.43 bits per heavy atom. The van der Waals surface area contributed by atoms with Crippen LogP contribution in [0.25, 0.3) is 0 Å². The first-order valence-corrected chi connectivity index (χ1v) is 9.56. The lowest BCUT2D eigenvalue weighted by atomic mass is 9.94. The molecule has 158 valence electrons. The van der Waals surface area contributed by atoms with Crippen molar-refractivity contribution in [1.82, 2.24) is 5.43 Å². The number of carbonyl (C=O) groups is 2. The van der Waals surface area contributed by atoms with E-state index in [0.29, 0.717) is 29.4 Å². The molecule has 0 aliphatic rings. The third-order valence-electron chi connectivity index (χ3n) is 4.24. The van der Waals surface area contributed by atoms with Crippen molar-refractivity contribution in [3.8, 4) is 11.5 Å². The molecule has 30 heavy (non-hydrogen) atoms. The van der Waals surface area contributed by atoms with E-state index >= 15 is 0 Å². The molecule has 0 aliphatic carbocycles. The molecule has 2 amide bonds. The number of hydrogen-bond acceptors (Lipinski definition) is 5. The number of carbonyl (C=O) groups excluding carboxylic acids is 2. The van der Waals surface area contributed by atoms with Crippen molar-refractivity contribution < 1.29 is 19.1 Å². The number of amides is 2. The number of anilines is 1. The average molecular weight is 409 g/mol. The molecule has 2 aromatic carbocycles. The van der Waals surface area contributed by atoms with Gasteiger partial charge in [0, 0.05) is 11.3 Å². The molecule has 0 aromatic heterocycles. The summed E-state index contributed by atoms with van der Waals surface area (Å²) in [5, 5.41) is 6.76. The quantitative estimate of drug-likeness (QED) is 0.271. The molecule has 0 radical (unpaired) electrons. The Hall–Kier alpha value is -3.61. The maximum absolute atomic E-state index is 12.7. The van der Waals surface area contributed by atoms with Crippen LogP contribution in [0.2, 0.25) is 0 Å². The van der Waals surface area contributed by atoms with Crippen LogP contribution < -0.4 is 20.2 Å². The van der Waals surface area contributed by atoms with Crippen molar-refractivity contribution in [2.24, 2.45) is 16.9 Å². The van der Waals surface area contributed by atoms with Gasteiger partial charge in [0.2, 0.25) is 5.91 Å². The predicted molar refractivity (Wildman–Crippen MR) is 118 cm³/mol. The van der Waals surface area contributed by atoms with Crippen LogP contribution in [0.3, 0.4) is 0 Å². The van der Waals surface area contributed by atoms with Crippen molar-refractivity contribution >= 4 is 23.7 Å². The summed E-state index contributed by atoms with van der Waals surface area (Å²) in [4.78, 5) is 25.3. The zero-order chi connectivity index (χ0) is 21.9. The fraction of sp³-hybridized carbons (Fsp3) is 0.261. The van der Waals surface area contributed by atoms with Crippen LogP contribution in [-0.2, 0) is 9.59 Å². The number of hydrogen-bond donors (Lipinski definition) is 2. The van der Waals surface area contributed by atoms with E-state index in [2.05, 4.69) is 22.4 Å². The van der Waals surface area contributed by atoms with Crippen LogP contribution in [-0.4, -0.2) is 31.7 Å². The summed E-state index contributed by atoms with van der Waals surface area (Å²) >= 11 is 0. The Bertz CT molecular complexity index is 892. The van der Waals surface area contributed by atoms with Crippen LogP contribution >= 0.6 is 0 Å². The summed E-state index contributed by atoms with van der Waals surface area (Å²) in [7, 11) is 1.57. The van der Waals surface area contributed by atoms with Gasteiger partial charge in [-0.15, -0.1) is 0 Å². The summed E-state index contributed by atoms with van der Waals surface area (Å²) in [5.74, 6) is -0.724. The molecular weight excluding hydrogens is 382 g/mol. The Morgan fingerprint density at radius 1 is 1.10 bits per heavy atom. The molecule has 2 rings (SSSR count). The SMILES string of the molecule is C=CCOc1ccccc1C=NNC(=O)C(C(=O)Nc1ccc(OC)cc1)C(C)C. The van der Waals surface area contributed by atoms with Gasteiger partial charge >= 0.3 is 0 Å². The van der Waals surface area contributed by atoms with Crippen molar-refractivity contribution in [2.45, 2.75) is 13.8 Å². The molecule has 0 aliphatic heterocycles. The van der Waals surface area contributed by atoms with Gasteiger partial charge in [0.1, 0.15) is 24.0 Å². The fourth-order valence-electron chi connectivity index (χ4n) is 2.72. The minimum Gasteiger partial charge on any atom is -0.497 e. The van der Waals surface area contributed by atoms with Crippen LogP contribution in [0.15, 0.2) is 66.3 Å². The van der Waals surface area contributed by atoms with Gasteiger partial charge in [-0.3, -0.25) is 9.59 Å². The predicted octanol–water partition coefficient (Wildman–Crippen LogP) is 3.62. The van der Waals surface area contributed by atoms with Crippen molar-refractivity contribution in [1.29, 1.82) is 0 Å². The van der Waals surface area contributed by atoms with Gasteiger partial charge in [-0.05, 0) is 42.3 Å². The van der Waals surface area contributed by atoms with Crippen molar-refractivity contribution in [2.75, 3.05) is 19.0 Å². The molecule has 7 nitrogen and oxygen atoms in total. The van der Waals surface area contributed by atoms with E-state index in [1.165, 1.54) is 6.21 Å². The highest BCUT2D eigenvalue weighted by Gasteiger charge is 2.30. The molecule has 0 bridgehead atoms.